The van der Waals surface area contributed by atoms with Crippen molar-refractivity contribution >= 4 is 23.7 Å². The highest BCUT2D eigenvalue weighted by molar-refractivity contribution is 6.30. The summed E-state index contributed by atoms with van der Waals surface area (Å²) in [5.41, 5.74) is 1.30. The second kappa shape index (κ2) is 4.55. The monoisotopic (exact) mass is 247 g/mol. The van der Waals surface area contributed by atoms with Gasteiger partial charge < -0.3 is 4.57 Å². The highest BCUT2D eigenvalue weighted by Gasteiger charge is 2.16. The van der Waals surface area contributed by atoms with Gasteiger partial charge in [0.2, 0.25) is 5.78 Å². The van der Waals surface area contributed by atoms with Crippen molar-refractivity contribution in [1.29, 1.82) is 0 Å². The second-order valence-corrected chi connectivity index (χ2v) is 4.12. The summed E-state index contributed by atoms with van der Waals surface area (Å²) < 4.78 is 1.64. The molecule has 0 aliphatic carbocycles. The molecule has 0 saturated carbocycles. The van der Waals surface area contributed by atoms with E-state index in [0.29, 0.717) is 28.1 Å². The van der Waals surface area contributed by atoms with E-state index < -0.39 is 0 Å². The van der Waals surface area contributed by atoms with Gasteiger partial charge in [0.25, 0.3) is 0 Å². The SMILES string of the molecule is Cn1ccc(C=O)c1C(=O)c1ccc(Cl)cc1. The van der Waals surface area contributed by atoms with Gasteiger partial charge in [0.15, 0.2) is 6.29 Å². The molecule has 0 aliphatic heterocycles. The third-order valence-corrected chi connectivity index (χ3v) is 2.80. The predicted molar refractivity (Wildman–Crippen MR) is 65.7 cm³/mol. The van der Waals surface area contributed by atoms with Crippen LogP contribution in [0, 0.1) is 0 Å². The van der Waals surface area contributed by atoms with E-state index in [0.717, 1.165) is 0 Å². The minimum absolute atomic E-state index is 0.184. The molecule has 2 aromatic rings. The van der Waals surface area contributed by atoms with E-state index in [1.807, 2.05) is 0 Å². The maximum atomic E-state index is 12.2. The van der Waals surface area contributed by atoms with Crippen LogP contribution in [0.1, 0.15) is 26.4 Å². The average molecular weight is 248 g/mol. The lowest BCUT2D eigenvalue weighted by Crippen LogP contribution is -2.09. The normalized spacial score (nSPS) is 10.2. The third kappa shape index (κ3) is 2.15. The summed E-state index contributed by atoms with van der Waals surface area (Å²) in [6, 6.07) is 8.21. The summed E-state index contributed by atoms with van der Waals surface area (Å²) in [4.78, 5) is 23.0. The largest absolute Gasteiger partial charge is 0.347 e. The van der Waals surface area contributed by atoms with Crippen LogP contribution in [0.15, 0.2) is 36.5 Å². The van der Waals surface area contributed by atoms with Crippen LogP contribution in [-0.4, -0.2) is 16.6 Å². The Labute approximate surface area is 104 Å². The summed E-state index contributed by atoms with van der Waals surface area (Å²) in [7, 11) is 1.73. The first-order valence-electron chi connectivity index (χ1n) is 5.04. The molecule has 0 radical (unpaired) electrons. The zero-order valence-electron chi connectivity index (χ0n) is 9.18. The molecule has 0 unspecified atom stereocenters. The van der Waals surface area contributed by atoms with Crippen LogP contribution in [0.5, 0.6) is 0 Å². The van der Waals surface area contributed by atoms with E-state index in [9.17, 15) is 9.59 Å². The van der Waals surface area contributed by atoms with Crippen molar-refractivity contribution in [1.82, 2.24) is 4.57 Å². The lowest BCUT2D eigenvalue weighted by atomic mass is 10.1. The van der Waals surface area contributed by atoms with Crippen molar-refractivity contribution in [3.8, 4) is 0 Å². The molecule has 2 rings (SSSR count). The lowest BCUT2D eigenvalue weighted by Gasteiger charge is -2.04. The molecule has 1 aromatic carbocycles. The number of hydrogen-bond donors (Lipinski definition) is 0. The molecule has 0 bridgehead atoms. The highest BCUT2D eigenvalue weighted by Crippen LogP contribution is 2.16. The zero-order chi connectivity index (χ0) is 12.4. The molecule has 17 heavy (non-hydrogen) atoms. The summed E-state index contributed by atoms with van der Waals surface area (Å²) in [6.07, 6.45) is 2.37. The molecule has 1 aromatic heterocycles. The first kappa shape index (κ1) is 11.6. The van der Waals surface area contributed by atoms with Gasteiger partial charge in [0.05, 0.1) is 5.69 Å². The molecule has 0 saturated heterocycles. The Morgan fingerprint density at radius 1 is 1.24 bits per heavy atom. The van der Waals surface area contributed by atoms with E-state index in [1.54, 1.807) is 48.1 Å². The van der Waals surface area contributed by atoms with Gasteiger partial charge in [-0.25, -0.2) is 0 Å². The molecule has 4 heteroatoms. The van der Waals surface area contributed by atoms with Crippen LogP contribution in [0.3, 0.4) is 0 Å². The molecular weight excluding hydrogens is 238 g/mol. The maximum absolute atomic E-state index is 12.2. The Bertz CT molecular complexity index is 570. The van der Waals surface area contributed by atoms with Crippen LogP contribution < -0.4 is 0 Å². The predicted octanol–water partition coefficient (Wildman–Crippen LogP) is 2.72. The Hall–Kier alpha value is -1.87. The summed E-state index contributed by atoms with van der Waals surface area (Å²) in [5.74, 6) is -0.184. The van der Waals surface area contributed by atoms with Crippen LogP contribution in [-0.2, 0) is 7.05 Å². The fourth-order valence-electron chi connectivity index (χ4n) is 1.67. The Balaban J connectivity index is 2.46. The number of nitrogens with zero attached hydrogens (tertiary/aromatic N) is 1. The number of halogens is 1. The van der Waals surface area contributed by atoms with Crippen molar-refractivity contribution in [3.63, 3.8) is 0 Å². The molecular formula is C13H10ClNO2. The van der Waals surface area contributed by atoms with E-state index >= 15 is 0 Å². The smallest absolute Gasteiger partial charge is 0.210 e. The van der Waals surface area contributed by atoms with Crippen LogP contribution in [0.25, 0.3) is 0 Å². The maximum Gasteiger partial charge on any atom is 0.210 e. The quantitative estimate of drug-likeness (QED) is 0.618. The topological polar surface area (TPSA) is 39.1 Å². The van der Waals surface area contributed by atoms with Gasteiger partial charge in [-0.2, -0.15) is 0 Å². The highest BCUT2D eigenvalue weighted by atomic mass is 35.5. The van der Waals surface area contributed by atoms with Crippen LogP contribution in [0.4, 0.5) is 0 Å². The summed E-state index contributed by atoms with van der Waals surface area (Å²) >= 11 is 5.76. The standard InChI is InChI=1S/C13H10ClNO2/c1-15-7-6-10(8-16)12(15)13(17)9-2-4-11(14)5-3-9/h2-8H,1H3. The van der Waals surface area contributed by atoms with Gasteiger partial charge >= 0.3 is 0 Å². The summed E-state index contributed by atoms with van der Waals surface area (Å²) in [5, 5.41) is 0.573. The lowest BCUT2D eigenvalue weighted by molar-refractivity contribution is 0.102. The zero-order valence-corrected chi connectivity index (χ0v) is 9.94. The number of benzene rings is 1. The first-order chi connectivity index (χ1) is 8.13. The van der Waals surface area contributed by atoms with Gasteiger partial charge in [-0.1, -0.05) is 11.6 Å². The van der Waals surface area contributed by atoms with Gasteiger partial charge in [-0.15, -0.1) is 0 Å². The number of carbonyl (C=O) groups excluding carboxylic acids is 2. The van der Waals surface area contributed by atoms with Crippen molar-refractivity contribution in [2.75, 3.05) is 0 Å². The average Bonchev–Trinajstić information content (AvgIpc) is 2.70. The minimum Gasteiger partial charge on any atom is -0.347 e. The van der Waals surface area contributed by atoms with Crippen LogP contribution in [0.2, 0.25) is 5.02 Å². The van der Waals surface area contributed by atoms with E-state index in [4.69, 9.17) is 11.6 Å². The van der Waals surface area contributed by atoms with Crippen LogP contribution >= 0.6 is 11.6 Å². The van der Waals surface area contributed by atoms with E-state index in [1.165, 1.54) is 0 Å². The number of aryl methyl sites for hydroxylation is 1. The van der Waals surface area contributed by atoms with E-state index in [2.05, 4.69) is 0 Å². The molecule has 0 N–H and O–H groups in total. The van der Waals surface area contributed by atoms with E-state index in [-0.39, 0.29) is 5.78 Å². The molecule has 0 spiro atoms. The minimum atomic E-state index is -0.184. The van der Waals surface area contributed by atoms with Crippen molar-refractivity contribution in [2.45, 2.75) is 0 Å². The van der Waals surface area contributed by atoms with Gasteiger partial charge in [-0.3, -0.25) is 9.59 Å². The number of rotatable bonds is 3. The van der Waals surface area contributed by atoms with Crippen molar-refractivity contribution in [3.05, 3.63) is 58.4 Å². The van der Waals surface area contributed by atoms with Crippen molar-refractivity contribution < 1.29 is 9.59 Å². The molecule has 3 nitrogen and oxygen atoms in total. The second-order valence-electron chi connectivity index (χ2n) is 3.68. The Kier molecular flexibility index (Phi) is 3.11. The molecule has 0 amide bonds. The van der Waals surface area contributed by atoms with Gasteiger partial charge in [0, 0.05) is 29.4 Å². The number of ketones is 1. The Morgan fingerprint density at radius 2 is 1.88 bits per heavy atom. The van der Waals surface area contributed by atoms with Crippen molar-refractivity contribution in [2.24, 2.45) is 7.05 Å². The van der Waals surface area contributed by atoms with Gasteiger partial charge in [0.1, 0.15) is 0 Å². The number of aldehydes is 1. The molecule has 0 atom stereocenters. The number of hydrogen-bond acceptors (Lipinski definition) is 2. The first-order valence-corrected chi connectivity index (χ1v) is 5.42. The fraction of sp³-hybridized carbons (Fsp3) is 0.0769. The molecule has 0 aliphatic rings. The van der Waals surface area contributed by atoms with Gasteiger partial charge in [-0.05, 0) is 30.3 Å². The molecule has 0 fully saturated rings. The molecule has 1 heterocycles. The Morgan fingerprint density at radius 3 is 2.47 bits per heavy atom. The fourth-order valence-corrected chi connectivity index (χ4v) is 1.80. The summed E-state index contributed by atoms with van der Waals surface area (Å²) in [6.45, 7) is 0. The number of carbonyl (C=O) groups is 2. The number of aromatic nitrogens is 1. The molecule has 86 valence electrons. The third-order valence-electron chi connectivity index (χ3n) is 2.55.